The van der Waals surface area contributed by atoms with Gasteiger partial charge < -0.3 is 5.11 Å². The first-order valence-corrected chi connectivity index (χ1v) is 8.95. The van der Waals surface area contributed by atoms with Gasteiger partial charge in [-0.3, -0.25) is 9.36 Å². The molecule has 0 aliphatic carbocycles. The summed E-state index contributed by atoms with van der Waals surface area (Å²) in [6.45, 7) is 4.39. The quantitative estimate of drug-likeness (QED) is 0.604. The molecule has 0 fully saturated rings. The average Bonchev–Trinajstić information content (AvgIpc) is 2.52. The van der Waals surface area contributed by atoms with Gasteiger partial charge in [-0.2, -0.15) is 5.26 Å². The smallest absolute Gasteiger partial charge is 0.271 e. The van der Waals surface area contributed by atoms with Gasteiger partial charge in [0.05, 0.1) is 0 Å². The molecule has 1 aromatic rings. The number of rotatable bonds is 11. The fraction of sp³-hybridized carbons (Fsp3) is 0.684. The number of nitriles is 1. The van der Waals surface area contributed by atoms with Crippen molar-refractivity contribution in [1.29, 1.82) is 5.26 Å². The van der Waals surface area contributed by atoms with Gasteiger partial charge >= 0.3 is 0 Å². The lowest BCUT2D eigenvalue weighted by atomic mass is 10.1. The van der Waals surface area contributed by atoms with Crippen LogP contribution in [0.15, 0.2) is 10.9 Å². The minimum absolute atomic E-state index is 0.0394. The van der Waals surface area contributed by atoms with Gasteiger partial charge in [0.2, 0.25) is 0 Å². The molecule has 0 aliphatic rings. The fourth-order valence-electron chi connectivity index (χ4n) is 2.86. The zero-order valence-electron chi connectivity index (χ0n) is 14.6. The minimum Gasteiger partial charge on any atom is -0.494 e. The monoisotopic (exact) mass is 318 g/mol. The highest BCUT2D eigenvalue weighted by Crippen LogP contribution is 2.14. The summed E-state index contributed by atoms with van der Waals surface area (Å²) in [6, 6.07) is 3.42. The first-order valence-electron chi connectivity index (χ1n) is 8.95. The molecular weight excluding hydrogens is 288 g/mol. The summed E-state index contributed by atoms with van der Waals surface area (Å²) in [5.41, 5.74) is 0.296. The van der Waals surface area contributed by atoms with Crippen molar-refractivity contribution in [1.82, 2.24) is 4.57 Å². The van der Waals surface area contributed by atoms with Crippen LogP contribution in [-0.2, 0) is 6.54 Å². The topological polar surface area (TPSA) is 66.0 Å². The van der Waals surface area contributed by atoms with E-state index in [0.717, 1.165) is 12.8 Å². The Morgan fingerprint density at radius 3 is 2.09 bits per heavy atom. The number of pyridine rings is 1. The van der Waals surface area contributed by atoms with Gasteiger partial charge in [-0.15, -0.1) is 0 Å². The Morgan fingerprint density at radius 2 is 1.57 bits per heavy atom. The molecule has 0 amide bonds. The highest BCUT2D eigenvalue weighted by Gasteiger charge is 2.11. The van der Waals surface area contributed by atoms with E-state index >= 15 is 0 Å². The van der Waals surface area contributed by atoms with Crippen LogP contribution in [0.5, 0.6) is 5.88 Å². The molecule has 4 nitrogen and oxygen atoms in total. The minimum atomic E-state index is -0.374. The maximum Gasteiger partial charge on any atom is 0.271 e. The Bertz CT molecular complexity index is 570. The number of nitrogens with zero attached hydrogens (tertiary/aromatic N) is 2. The Morgan fingerprint density at radius 1 is 1.04 bits per heavy atom. The third-order valence-electron chi connectivity index (χ3n) is 4.32. The molecule has 0 saturated heterocycles. The van der Waals surface area contributed by atoms with Crippen LogP contribution in [0.3, 0.4) is 0 Å². The Balaban J connectivity index is 2.27. The maximum absolute atomic E-state index is 12.1. The molecule has 1 aromatic heterocycles. The second kappa shape index (κ2) is 10.9. The van der Waals surface area contributed by atoms with Crippen LogP contribution in [0.1, 0.15) is 82.3 Å². The molecule has 0 aromatic carbocycles. The predicted molar refractivity (Wildman–Crippen MR) is 93.7 cm³/mol. The maximum atomic E-state index is 12.1. The molecule has 0 atom stereocenters. The van der Waals surface area contributed by atoms with Crippen molar-refractivity contribution in [3.05, 3.63) is 27.5 Å². The molecule has 0 spiro atoms. The molecule has 0 aliphatic heterocycles. The van der Waals surface area contributed by atoms with Crippen LogP contribution in [0, 0.1) is 18.3 Å². The molecule has 0 radical (unpaired) electrons. The number of hydrogen-bond acceptors (Lipinski definition) is 3. The van der Waals surface area contributed by atoms with Crippen LogP contribution < -0.4 is 5.56 Å². The molecule has 1 rings (SSSR count). The number of aromatic nitrogens is 1. The Kier molecular flexibility index (Phi) is 9.12. The normalized spacial score (nSPS) is 10.7. The van der Waals surface area contributed by atoms with Gasteiger partial charge in [-0.05, 0) is 18.9 Å². The lowest BCUT2D eigenvalue weighted by molar-refractivity contribution is 0.397. The molecule has 128 valence electrons. The van der Waals surface area contributed by atoms with E-state index in [0.29, 0.717) is 12.1 Å². The number of hydrogen-bond donors (Lipinski definition) is 1. The summed E-state index contributed by atoms with van der Waals surface area (Å²) < 4.78 is 1.32. The van der Waals surface area contributed by atoms with Gasteiger partial charge in [-0.25, -0.2) is 0 Å². The van der Waals surface area contributed by atoms with E-state index < -0.39 is 0 Å². The van der Waals surface area contributed by atoms with Gasteiger partial charge in [0.1, 0.15) is 11.6 Å². The van der Waals surface area contributed by atoms with Crippen molar-refractivity contribution >= 4 is 0 Å². The van der Waals surface area contributed by atoms with Crippen molar-refractivity contribution in [3.63, 3.8) is 0 Å². The number of unbranched alkanes of at least 4 members (excludes halogenated alkanes) is 9. The molecule has 1 heterocycles. The van der Waals surface area contributed by atoms with Crippen LogP contribution >= 0.6 is 0 Å². The second-order valence-electron chi connectivity index (χ2n) is 6.31. The Hall–Kier alpha value is -1.76. The summed E-state index contributed by atoms with van der Waals surface area (Å²) in [7, 11) is 0. The standard InChI is InChI=1S/C19H30N2O2/c1-3-4-5-6-7-8-9-10-11-12-13-21-18(22)14-16(2)17(15-20)19(21)23/h14,22H,3-13H2,1-2H3. The first kappa shape index (κ1) is 19.3. The van der Waals surface area contributed by atoms with E-state index in [4.69, 9.17) is 5.26 Å². The highest BCUT2D eigenvalue weighted by atomic mass is 16.3. The highest BCUT2D eigenvalue weighted by molar-refractivity contribution is 5.37. The molecular formula is C19H30N2O2. The third-order valence-corrected chi connectivity index (χ3v) is 4.32. The van der Waals surface area contributed by atoms with Gasteiger partial charge in [-0.1, -0.05) is 64.7 Å². The van der Waals surface area contributed by atoms with Crippen molar-refractivity contribution in [2.24, 2.45) is 0 Å². The second-order valence-corrected chi connectivity index (χ2v) is 6.31. The summed E-state index contributed by atoms with van der Waals surface area (Å²) in [5.74, 6) is -0.0394. The van der Waals surface area contributed by atoms with Crippen molar-refractivity contribution in [3.8, 4) is 11.9 Å². The van der Waals surface area contributed by atoms with Crippen molar-refractivity contribution in [2.45, 2.75) is 84.6 Å². The van der Waals surface area contributed by atoms with Crippen LogP contribution in [0.4, 0.5) is 0 Å². The number of aromatic hydroxyl groups is 1. The lowest BCUT2D eigenvalue weighted by Crippen LogP contribution is -2.23. The van der Waals surface area contributed by atoms with E-state index in [1.165, 1.54) is 62.0 Å². The van der Waals surface area contributed by atoms with Crippen LogP contribution in [-0.4, -0.2) is 9.67 Å². The van der Waals surface area contributed by atoms with E-state index in [-0.39, 0.29) is 17.0 Å². The summed E-state index contributed by atoms with van der Waals surface area (Å²) in [4.78, 5) is 12.1. The van der Waals surface area contributed by atoms with E-state index in [2.05, 4.69) is 6.92 Å². The summed E-state index contributed by atoms with van der Waals surface area (Å²) in [5, 5.41) is 18.9. The number of aryl methyl sites for hydroxylation is 1. The molecule has 0 saturated carbocycles. The lowest BCUT2D eigenvalue weighted by Gasteiger charge is -2.10. The zero-order valence-corrected chi connectivity index (χ0v) is 14.6. The molecule has 1 N–H and O–H groups in total. The molecule has 23 heavy (non-hydrogen) atoms. The summed E-state index contributed by atoms with van der Waals surface area (Å²) in [6.07, 6.45) is 12.3. The van der Waals surface area contributed by atoms with Crippen LogP contribution in [0.2, 0.25) is 0 Å². The average molecular weight is 318 g/mol. The SMILES string of the molecule is CCCCCCCCCCCCn1c(O)cc(C)c(C#N)c1=O. The predicted octanol–water partition coefficient (Wildman–Crippen LogP) is 4.65. The van der Waals surface area contributed by atoms with E-state index in [9.17, 15) is 9.90 Å². The third kappa shape index (κ3) is 6.48. The first-order chi connectivity index (χ1) is 11.1. The fourth-order valence-corrected chi connectivity index (χ4v) is 2.86. The zero-order chi connectivity index (χ0) is 17.1. The van der Waals surface area contributed by atoms with Gasteiger partial charge in [0.25, 0.3) is 5.56 Å². The Labute approximate surface area is 139 Å². The van der Waals surface area contributed by atoms with Crippen molar-refractivity contribution in [2.75, 3.05) is 0 Å². The van der Waals surface area contributed by atoms with Gasteiger partial charge in [0.15, 0.2) is 5.88 Å². The van der Waals surface area contributed by atoms with E-state index in [1.54, 1.807) is 6.92 Å². The van der Waals surface area contributed by atoms with Crippen LogP contribution in [0.25, 0.3) is 0 Å². The van der Waals surface area contributed by atoms with Crippen molar-refractivity contribution < 1.29 is 5.11 Å². The van der Waals surface area contributed by atoms with E-state index in [1.807, 2.05) is 6.07 Å². The molecule has 0 unspecified atom stereocenters. The summed E-state index contributed by atoms with van der Waals surface area (Å²) >= 11 is 0. The van der Waals surface area contributed by atoms with Gasteiger partial charge in [0, 0.05) is 12.6 Å². The largest absolute Gasteiger partial charge is 0.494 e. The molecule has 4 heteroatoms. The molecule has 0 bridgehead atoms.